The molecule has 0 radical (unpaired) electrons. The van der Waals surface area contributed by atoms with Crippen LogP contribution < -0.4 is 5.32 Å². The molecule has 1 N–H and O–H groups in total. The van der Waals surface area contributed by atoms with E-state index in [1.54, 1.807) is 0 Å². The predicted molar refractivity (Wildman–Crippen MR) is 77.9 cm³/mol. The highest BCUT2D eigenvalue weighted by Gasteiger charge is 2.11. The van der Waals surface area contributed by atoms with Gasteiger partial charge in [0, 0.05) is 22.3 Å². The zero-order valence-corrected chi connectivity index (χ0v) is 12.0. The van der Waals surface area contributed by atoms with E-state index in [-0.39, 0.29) is 0 Å². The first-order valence-electron chi connectivity index (χ1n) is 6.11. The fourth-order valence-electron chi connectivity index (χ4n) is 1.92. The van der Waals surface area contributed by atoms with Gasteiger partial charge in [0.1, 0.15) is 0 Å². The zero-order chi connectivity index (χ0) is 12.1. The molecule has 1 unspecified atom stereocenters. The first-order valence-corrected chi connectivity index (χ1v) is 7.87. The molecule has 0 aliphatic rings. The molecule has 17 heavy (non-hydrogen) atoms. The number of aryl methyl sites for hydroxylation is 1. The van der Waals surface area contributed by atoms with Crippen LogP contribution in [0.4, 0.5) is 0 Å². The Morgan fingerprint density at radius 1 is 1.24 bits per heavy atom. The quantitative estimate of drug-likeness (QED) is 0.795. The van der Waals surface area contributed by atoms with Gasteiger partial charge in [0.05, 0.1) is 0 Å². The Labute approximate surface area is 112 Å². The Balaban J connectivity index is 1.97. The van der Waals surface area contributed by atoms with Crippen LogP contribution in [0.25, 0.3) is 0 Å². The van der Waals surface area contributed by atoms with E-state index in [0.29, 0.717) is 6.04 Å². The van der Waals surface area contributed by atoms with Crippen LogP contribution in [0.2, 0.25) is 0 Å². The lowest BCUT2D eigenvalue weighted by atomic mass is 10.1. The second-order valence-corrected chi connectivity index (χ2v) is 6.24. The third-order valence-electron chi connectivity index (χ3n) is 2.94. The molecule has 1 nitrogen and oxygen atoms in total. The first-order chi connectivity index (χ1) is 8.31. The van der Waals surface area contributed by atoms with Crippen LogP contribution in [0.15, 0.2) is 29.0 Å². The average Bonchev–Trinajstić information content (AvgIpc) is 2.96. The first kappa shape index (κ1) is 12.8. The van der Waals surface area contributed by atoms with Gasteiger partial charge in [-0.3, -0.25) is 0 Å². The molecular weight excluding hydrogens is 246 g/mol. The van der Waals surface area contributed by atoms with Gasteiger partial charge in [-0.25, -0.2) is 0 Å². The summed E-state index contributed by atoms with van der Waals surface area (Å²) in [5.41, 5.74) is 1.41. The summed E-state index contributed by atoms with van der Waals surface area (Å²) < 4.78 is 0. The largest absolute Gasteiger partial charge is 0.304 e. The summed E-state index contributed by atoms with van der Waals surface area (Å²) in [6.07, 6.45) is 2.43. The lowest BCUT2D eigenvalue weighted by Gasteiger charge is -2.16. The summed E-state index contributed by atoms with van der Waals surface area (Å²) in [4.78, 5) is 2.92. The average molecular weight is 265 g/mol. The van der Waals surface area contributed by atoms with Crippen molar-refractivity contribution in [2.45, 2.75) is 39.3 Å². The monoisotopic (exact) mass is 265 g/mol. The molecule has 1 atom stereocenters. The Bertz CT molecular complexity index is 431. The highest BCUT2D eigenvalue weighted by Crippen LogP contribution is 2.24. The molecule has 2 aromatic heterocycles. The van der Waals surface area contributed by atoms with Crippen molar-refractivity contribution in [1.29, 1.82) is 0 Å². The summed E-state index contributed by atoms with van der Waals surface area (Å²) >= 11 is 3.70. The molecule has 2 rings (SSSR count). The summed E-state index contributed by atoms with van der Waals surface area (Å²) in [7, 11) is 0. The molecule has 0 aromatic carbocycles. The van der Waals surface area contributed by atoms with E-state index in [2.05, 4.69) is 48.1 Å². The third-order valence-corrected chi connectivity index (χ3v) is 4.95. The Morgan fingerprint density at radius 2 is 2.12 bits per heavy atom. The molecule has 2 heterocycles. The molecular formula is C14H19NS2. The second-order valence-electron chi connectivity index (χ2n) is 4.26. The van der Waals surface area contributed by atoms with Crippen molar-refractivity contribution in [2.75, 3.05) is 0 Å². The van der Waals surface area contributed by atoms with E-state index >= 15 is 0 Å². The lowest BCUT2D eigenvalue weighted by Crippen LogP contribution is -2.19. The van der Waals surface area contributed by atoms with Gasteiger partial charge in [-0.2, -0.15) is 0 Å². The van der Waals surface area contributed by atoms with Crippen LogP contribution in [0.1, 0.15) is 41.1 Å². The van der Waals surface area contributed by atoms with Crippen LogP contribution in [0.5, 0.6) is 0 Å². The van der Waals surface area contributed by atoms with Gasteiger partial charge in [0.15, 0.2) is 0 Å². The van der Waals surface area contributed by atoms with Crippen LogP contribution in [-0.4, -0.2) is 0 Å². The van der Waals surface area contributed by atoms with E-state index in [4.69, 9.17) is 0 Å². The fourth-order valence-corrected chi connectivity index (χ4v) is 3.62. The minimum Gasteiger partial charge on any atom is -0.304 e. The van der Waals surface area contributed by atoms with E-state index < -0.39 is 0 Å². The molecule has 0 saturated heterocycles. The minimum atomic E-state index is 0.515. The normalized spacial score (nSPS) is 12.8. The maximum Gasteiger partial charge on any atom is 0.0417 e. The number of hydrogen-bond donors (Lipinski definition) is 1. The second kappa shape index (κ2) is 6.34. The summed E-state index contributed by atoms with van der Waals surface area (Å²) in [5, 5.41) is 8.02. The van der Waals surface area contributed by atoms with Crippen molar-refractivity contribution in [2.24, 2.45) is 0 Å². The molecule has 0 bridgehead atoms. The van der Waals surface area contributed by atoms with Crippen molar-refractivity contribution in [3.63, 3.8) is 0 Å². The SMILES string of the molecule is CCCC(NCc1sccc1C)c1cccs1. The van der Waals surface area contributed by atoms with E-state index in [0.717, 1.165) is 6.54 Å². The standard InChI is InChI=1S/C14H19NS2/c1-3-5-12(13-6-4-8-16-13)15-10-14-11(2)7-9-17-14/h4,6-9,12,15H,3,5,10H2,1-2H3. The van der Waals surface area contributed by atoms with E-state index in [1.807, 2.05) is 22.7 Å². The highest BCUT2D eigenvalue weighted by molar-refractivity contribution is 7.10. The predicted octanol–water partition coefficient (Wildman–Crippen LogP) is 4.75. The van der Waals surface area contributed by atoms with Gasteiger partial charge >= 0.3 is 0 Å². The number of thiophene rings is 2. The molecule has 92 valence electrons. The van der Waals surface area contributed by atoms with Crippen LogP contribution in [-0.2, 0) is 6.54 Å². The number of hydrogen-bond acceptors (Lipinski definition) is 3. The van der Waals surface area contributed by atoms with Crippen LogP contribution in [0, 0.1) is 6.92 Å². The minimum absolute atomic E-state index is 0.515. The third kappa shape index (κ3) is 3.41. The molecule has 0 amide bonds. The van der Waals surface area contributed by atoms with Gasteiger partial charge in [-0.05, 0) is 41.8 Å². The summed E-state index contributed by atoms with van der Waals surface area (Å²) in [6.45, 7) is 5.43. The smallest absolute Gasteiger partial charge is 0.0417 e. The van der Waals surface area contributed by atoms with E-state index in [1.165, 1.54) is 28.2 Å². The molecule has 0 fully saturated rings. The maximum absolute atomic E-state index is 3.69. The number of nitrogens with one attached hydrogen (secondary N) is 1. The van der Waals surface area contributed by atoms with Crippen molar-refractivity contribution < 1.29 is 0 Å². The summed E-state index contributed by atoms with van der Waals surface area (Å²) in [5.74, 6) is 0. The van der Waals surface area contributed by atoms with Gasteiger partial charge in [-0.15, -0.1) is 22.7 Å². The molecule has 0 saturated carbocycles. The molecule has 0 aliphatic carbocycles. The molecule has 0 aliphatic heterocycles. The van der Waals surface area contributed by atoms with Crippen molar-refractivity contribution in [1.82, 2.24) is 5.32 Å². The number of rotatable bonds is 6. The van der Waals surface area contributed by atoms with Crippen LogP contribution in [0.3, 0.4) is 0 Å². The Morgan fingerprint density at radius 3 is 2.71 bits per heavy atom. The van der Waals surface area contributed by atoms with E-state index in [9.17, 15) is 0 Å². The topological polar surface area (TPSA) is 12.0 Å². The lowest BCUT2D eigenvalue weighted by molar-refractivity contribution is 0.502. The van der Waals surface area contributed by atoms with Gasteiger partial charge < -0.3 is 5.32 Å². The fraction of sp³-hybridized carbons (Fsp3) is 0.429. The summed E-state index contributed by atoms with van der Waals surface area (Å²) in [6, 6.07) is 7.09. The molecule has 0 spiro atoms. The van der Waals surface area contributed by atoms with Gasteiger partial charge in [-0.1, -0.05) is 19.4 Å². The van der Waals surface area contributed by atoms with Gasteiger partial charge in [0.25, 0.3) is 0 Å². The maximum atomic E-state index is 3.69. The van der Waals surface area contributed by atoms with Crippen LogP contribution >= 0.6 is 22.7 Å². The molecule has 3 heteroatoms. The Hall–Kier alpha value is -0.640. The van der Waals surface area contributed by atoms with Gasteiger partial charge in [0.2, 0.25) is 0 Å². The van der Waals surface area contributed by atoms with Crippen molar-refractivity contribution in [3.8, 4) is 0 Å². The Kier molecular flexibility index (Phi) is 4.77. The van der Waals surface area contributed by atoms with Crippen molar-refractivity contribution >= 4 is 22.7 Å². The molecule has 2 aromatic rings. The highest BCUT2D eigenvalue weighted by atomic mass is 32.1. The zero-order valence-electron chi connectivity index (χ0n) is 10.4. The van der Waals surface area contributed by atoms with Crippen molar-refractivity contribution in [3.05, 3.63) is 44.3 Å².